The molecule has 0 bridgehead atoms. The van der Waals surface area contributed by atoms with Crippen molar-refractivity contribution in [3.8, 4) is 0 Å². The molecule has 0 aliphatic heterocycles. The molecule has 0 saturated heterocycles. The summed E-state index contributed by atoms with van der Waals surface area (Å²) in [6.07, 6.45) is 3.94. The second-order valence-corrected chi connectivity index (χ2v) is 3.85. The Balaban J connectivity index is -0.000000238. The lowest BCUT2D eigenvalue weighted by Crippen LogP contribution is -2.11. The molecule has 3 N–H and O–H groups in total. The van der Waals surface area contributed by atoms with Crippen molar-refractivity contribution in [2.75, 3.05) is 0 Å². The molecule has 0 radical (unpaired) electrons. The van der Waals surface area contributed by atoms with Gasteiger partial charge in [-0.15, -0.1) is 0 Å². The fourth-order valence-electron chi connectivity index (χ4n) is 0.953. The molecule has 6 nitrogen and oxygen atoms in total. The molecule has 0 rings (SSSR count). The van der Waals surface area contributed by atoms with Gasteiger partial charge < -0.3 is 15.3 Å². The van der Waals surface area contributed by atoms with E-state index in [4.69, 9.17) is 20.1 Å². The van der Waals surface area contributed by atoms with Gasteiger partial charge in [-0.1, -0.05) is 33.6 Å². The average Bonchev–Trinajstić information content (AvgIpc) is 2.29. The van der Waals surface area contributed by atoms with Gasteiger partial charge in [0.15, 0.2) is 0 Å². The second kappa shape index (κ2) is 16.4. The van der Waals surface area contributed by atoms with Gasteiger partial charge in [0.2, 0.25) is 0 Å². The molecule has 0 aliphatic rings. The molecule has 0 aromatic heterocycles. The van der Waals surface area contributed by atoms with Crippen molar-refractivity contribution in [3.63, 3.8) is 0 Å². The van der Waals surface area contributed by atoms with E-state index in [-0.39, 0.29) is 12.3 Å². The maximum absolute atomic E-state index is 10.4. The minimum atomic E-state index is -0.833. The Morgan fingerprint density at radius 3 is 1.53 bits per heavy atom. The molecule has 1 atom stereocenters. The van der Waals surface area contributed by atoms with Crippen LogP contribution in [0.3, 0.4) is 0 Å². The van der Waals surface area contributed by atoms with Crippen LogP contribution < -0.4 is 0 Å². The first-order valence-corrected chi connectivity index (χ1v) is 6.36. The van der Waals surface area contributed by atoms with Crippen molar-refractivity contribution in [3.05, 3.63) is 0 Å². The van der Waals surface area contributed by atoms with Gasteiger partial charge in [0.25, 0.3) is 5.97 Å². The smallest absolute Gasteiger partial charge is 0.306 e. The largest absolute Gasteiger partial charge is 0.481 e. The van der Waals surface area contributed by atoms with Gasteiger partial charge in [0, 0.05) is 13.3 Å². The van der Waals surface area contributed by atoms with E-state index in [9.17, 15) is 9.59 Å². The summed E-state index contributed by atoms with van der Waals surface area (Å²) in [4.78, 5) is 28.8. The number of carboxylic acid groups (broad SMARTS) is 3. The Kier molecular flexibility index (Phi) is 19.5. The standard InChI is InChI=1S/C8H16O2.C3H6O2.C2H4O2/c1-3-5-6-7(4-2)8(9)10;1-2-3(4)5;1-2(3)4/h7H,3-6H2,1-2H3,(H,9,10);2H2,1H3,(H,4,5);1H3,(H,3,4). The molecular weight excluding hydrogens is 252 g/mol. The summed E-state index contributed by atoms with van der Waals surface area (Å²) in [7, 11) is 0. The van der Waals surface area contributed by atoms with Crippen LogP contribution >= 0.6 is 0 Å². The predicted octanol–water partition coefficient (Wildman–Crippen LogP) is 2.86. The fourth-order valence-corrected chi connectivity index (χ4v) is 0.953. The van der Waals surface area contributed by atoms with Crippen LogP contribution in [-0.4, -0.2) is 33.2 Å². The Morgan fingerprint density at radius 2 is 1.37 bits per heavy atom. The van der Waals surface area contributed by atoms with E-state index in [0.717, 1.165) is 32.6 Å². The van der Waals surface area contributed by atoms with Crippen LogP contribution in [0.4, 0.5) is 0 Å². The van der Waals surface area contributed by atoms with Gasteiger partial charge in [-0.2, -0.15) is 0 Å². The first kappa shape index (κ1) is 22.6. The second-order valence-electron chi connectivity index (χ2n) is 3.85. The normalized spacial score (nSPS) is 10.1. The van der Waals surface area contributed by atoms with Crippen LogP contribution in [0.5, 0.6) is 0 Å². The predicted molar refractivity (Wildman–Crippen MR) is 72.2 cm³/mol. The summed E-state index contributed by atoms with van der Waals surface area (Å²) >= 11 is 0. The molecule has 19 heavy (non-hydrogen) atoms. The Morgan fingerprint density at radius 1 is 1.00 bits per heavy atom. The SMILES string of the molecule is CC(=O)O.CCC(=O)O.CCCCC(CC)C(=O)O. The molecule has 1 unspecified atom stereocenters. The summed E-state index contributed by atoms with van der Waals surface area (Å²) in [6.45, 7) is 6.69. The van der Waals surface area contributed by atoms with E-state index in [2.05, 4.69) is 6.92 Å². The molecule has 0 spiro atoms. The fraction of sp³-hybridized carbons (Fsp3) is 0.769. The van der Waals surface area contributed by atoms with Crippen molar-refractivity contribution in [2.24, 2.45) is 5.92 Å². The lowest BCUT2D eigenvalue weighted by molar-refractivity contribution is -0.142. The summed E-state index contributed by atoms with van der Waals surface area (Å²) in [5.41, 5.74) is 0. The first-order chi connectivity index (χ1) is 8.72. The van der Waals surface area contributed by atoms with E-state index in [1.54, 1.807) is 6.92 Å². The third kappa shape index (κ3) is 31.4. The summed E-state index contributed by atoms with van der Waals surface area (Å²) in [5, 5.41) is 23.7. The van der Waals surface area contributed by atoms with Gasteiger partial charge in [-0.05, 0) is 12.8 Å². The highest BCUT2D eigenvalue weighted by Crippen LogP contribution is 2.11. The number of carboxylic acids is 3. The average molecular weight is 278 g/mol. The zero-order valence-electron chi connectivity index (χ0n) is 12.2. The molecule has 114 valence electrons. The topological polar surface area (TPSA) is 112 Å². The summed E-state index contributed by atoms with van der Waals surface area (Å²) < 4.78 is 0. The van der Waals surface area contributed by atoms with E-state index in [0.29, 0.717) is 0 Å². The van der Waals surface area contributed by atoms with Crippen molar-refractivity contribution in [1.29, 1.82) is 0 Å². The van der Waals surface area contributed by atoms with Crippen molar-refractivity contribution >= 4 is 17.9 Å². The zero-order chi connectivity index (χ0) is 15.8. The van der Waals surface area contributed by atoms with Crippen LogP contribution in [0, 0.1) is 5.92 Å². The highest BCUT2D eigenvalue weighted by molar-refractivity contribution is 5.69. The quantitative estimate of drug-likeness (QED) is 0.688. The lowest BCUT2D eigenvalue weighted by Gasteiger charge is -2.06. The summed E-state index contributed by atoms with van der Waals surface area (Å²) in [5.74, 6) is -2.33. The molecule has 0 heterocycles. The van der Waals surface area contributed by atoms with Gasteiger partial charge in [-0.3, -0.25) is 14.4 Å². The van der Waals surface area contributed by atoms with E-state index in [1.807, 2.05) is 6.92 Å². The van der Waals surface area contributed by atoms with E-state index < -0.39 is 17.9 Å². The molecule has 0 saturated carbocycles. The third-order valence-corrected chi connectivity index (χ3v) is 2.05. The zero-order valence-corrected chi connectivity index (χ0v) is 12.2. The highest BCUT2D eigenvalue weighted by atomic mass is 16.4. The number of rotatable bonds is 6. The molecule has 0 aromatic carbocycles. The Bertz CT molecular complexity index is 246. The Hall–Kier alpha value is -1.59. The van der Waals surface area contributed by atoms with Crippen LogP contribution in [0.15, 0.2) is 0 Å². The minimum Gasteiger partial charge on any atom is -0.481 e. The number of unbranched alkanes of at least 4 members (excludes halogenated alkanes) is 1. The number of aliphatic carboxylic acids is 3. The van der Waals surface area contributed by atoms with Crippen molar-refractivity contribution < 1.29 is 29.7 Å². The third-order valence-electron chi connectivity index (χ3n) is 2.05. The maximum atomic E-state index is 10.4. The number of hydrogen-bond donors (Lipinski definition) is 3. The Labute approximate surface area is 114 Å². The van der Waals surface area contributed by atoms with Crippen molar-refractivity contribution in [2.45, 2.75) is 59.8 Å². The van der Waals surface area contributed by atoms with Gasteiger partial charge in [-0.25, -0.2) is 0 Å². The molecule has 6 heteroatoms. The lowest BCUT2D eigenvalue weighted by atomic mass is 10.00. The molecule has 0 aromatic rings. The van der Waals surface area contributed by atoms with Gasteiger partial charge in [0.1, 0.15) is 0 Å². The highest BCUT2D eigenvalue weighted by Gasteiger charge is 2.12. The number of carbonyl (C=O) groups is 3. The summed E-state index contributed by atoms with van der Waals surface area (Å²) in [6, 6.07) is 0. The maximum Gasteiger partial charge on any atom is 0.306 e. The first-order valence-electron chi connectivity index (χ1n) is 6.36. The minimum absolute atomic E-state index is 0.111. The van der Waals surface area contributed by atoms with Crippen LogP contribution in [0.25, 0.3) is 0 Å². The number of hydrogen-bond acceptors (Lipinski definition) is 3. The van der Waals surface area contributed by atoms with E-state index in [1.165, 1.54) is 0 Å². The van der Waals surface area contributed by atoms with Crippen molar-refractivity contribution in [1.82, 2.24) is 0 Å². The molecule has 0 fully saturated rings. The van der Waals surface area contributed by atoms with Gasteiger partial charge >= 0.3 is 11.9 Å². The van der Waals surface area contributed by atoms with Gasteiger partial charge in [0.05, 0.1) is 5.92 Å². The molecule has 0 amide bonds. The monoisotopic (exact) mass is 278 g/mol. The molecule has 0 aliphatic carbocycles. The molecular formula is C13H26O6. The van der Waals surface area contributed by atoms with Crippen LogP contribution in [0.1, 0.15) is 59.8 Å². The van der Waals surface area contributed by atoms with Crippen LogP contribution in [0.2, 0.25) is 0 Å². The van der Waals surface area contributed by atoms with Crippen LogP contribution in [-0.2, 0) is 14.4 Å². The van der Waals surface area contributed by atoms with E-state index >= 15 is 0 Å².